The lowest BCUT2D eigenvalue weighted by molar-refractivity contribution is -0.109. The Bertz CT molecular complexity index is 1240. The summed E-state index contributed by atoms with van der Waals surface area (Å²) in [6.45, 7) is 4.72. The highest BCUT2D eigenvalue weighted by atomic mass is 16.5. The first-order valence-corrected chi connectivity index (χ1v) is 12.6. The first-order valence-electron chi connectivity index (χ1n) is 12.6. The molecule has 0 radical (unpaired) electrons. The van der Waals surface area contributed by atoms with Crippen molar-refractivity contribution in [3.63, 3.8) is 0 Å². The van der Waals surface area contributed by atoms with Crippen LogP contribution in [-0.2, 0) is 14.3 Å². The first kappa shape index (κ1) is 24.7. The number of aromatic nitrogens is 2. The minimum Gasteiger partial charge on any atom is -0.385 e. The fraction of sp³-hybridized carbons (Fsp3) is 0.321. The van der Waals surface area contributed by atoms with Crippen LogP contribution in [0.25, 0.3) is 17.5 Å². The van der Waals surface area contributed by atoms with Crippen molar-refractivity contribution in [3.05, 3.63) is 65.9 Å². The number of rotatable bonds is 10. The number of methoxy groups -OCH3 is 1. The third-order valence-corrected chi connectivity index (χ3v) is 6.43. The standard InChI is InChI=1S/C28H32N6O3/c1-36-15-3-11-30-26-5-2-4-23(32-26)24-18-20-10-12-29-25(19-35)27(20)28(33-24)31-21-6-8-22(9-7-21)34-13-16-37-17-14-34/h2,4-10,12,18-19,25,29H,3,11,13-17H2,1H3,(H,30,32)(H,31,33). The number of aldehydes is 1. The van der Waals surface area contributed by atoms with Gasteiger partial charge in [-0.2, -0.15) is 0 Å². The summed E-state index contributed by atoms with van der Waals surface area (Å²) in [6.07, 6.45) is 5.55. The van der Waals surface area contributed by atoms with E-state index in [1.54, 1.807) is 13.3 Å². The Morgan fingerprint density at radius 2 is 1.97 bits per heavy atom. The van der Waals surface area contributed by atoms with Crippen molar-refractivity contribution in [3.8, 4) is 11.4 Å². The maximum atomic E-state index is 11.9. The molecule has 1 aromatic carbocycles. The number of hydrogen-bond donors (Lipinski definition) is 3. The summed E-state index contributed by atoms with van der Waals surface area (Å²) < 4.78 is 10.6. The van der Waals surface area contributed by atoms with E-state index in [0.29, 0.717) is 12.4 Å². The molecule has 1 atom stereocenters. The van der Waals surface area contributed by atoms with Crippen LogP contribution < -0.4 is 20.9 Å². The van der Waals surface area contributed by atoms with E-state index in [9.17, 15) is 4.79 Å². The summed E-state index contributed by atoms with van der Waals surface area (Å²) in [4.78, 5) is 23.9. The molecule has 37 heavy (non-hydrogen) atoms. The molecular weight excluding hydrogens is 468 g/mol. The molecule has 1 saturated heterocycles. The van der Waals surface area contributed by atoms with Gasteiger partial charge in [0.1, 0.15) is 24.0 Å². The zero-order valence-electron chi connectivity index (χ0n) is 20.9. The van der Waals surface area contributed by atoms with Gasteiger partial charge in [0, 0.05) is 50.3 Å². The Morgan fingerprint density at radius 3 is 2.76 bits per heavy atom. The number of fused-ring (bicyclic) bond motifs is 1. The van der Waals surface area contributed by atoms with Crippen molar-refractivity contribution in [2.45, 2.75) is 12.5 Å². The Hall–Kier alpha value is -3.95. The Kier molecular flexibility index (Phi) is 7.93. The predicted molar refractivity (Wildman–Crippen MR) is 146 cm³/mol. The summed E-state index contributed by atoms with van der Waals surface area (Å²) in [5.74, 6) is 1.41. The molecule has 2 aromatic heterocycles. The summed E-state index contributed by atoms with van der Waals surface area (Å²) in [5.41, 5.74) is 5.26. The van der Waals surface area contributed by atoms with E-state index in [2.05, 4.69) is 33.0 Å². The summed E-state index contributed by atoms with van der Waals surface area (Å²) >= 11 is 0. The molecule has 0 aliphatic carbocycles. The number of carbonyl (C=O) groups excluding carboxylic acids is 1. The Labute approximate surface area is 216 Å². The van der Waals surface area contributed by atoms with Crippen molar-refractivity contribution >= 4 is 35.4 Å². The number of anilines is 4. The van der Waals surface area contributed by atoms with E-state index >= 15 is 0 Å². The largest absolute Gasteiger partial charge is 0.385 e. The first-order chi connectivity index (χ1) is 18.2. The number of morpholine rings is 1. The van der Waals surface area contributed by atoms with Gasteiger partial charge in [-0.3, -0.25) is 0 Å². The van der Waals surface area contributed by atoms with Crippen LogP contribution >= 0.6 is 0 Å². The van der Waals surface area contributed by atoms with E-state index in [1.165, 1.54) is 0 Å². The second kappa shape index (κ2) is 11.9. The molecule has 4 heterocycles. The van der Waals surface area contributed by atoms with E-state index in [0.717, 1.165) is 85.3 Å². The number of nitrogens with one attached hydrogen (secondary N) is 3. The van der Waals surface area contributed by atoms with Crippen molar-refractivity contribution in [1.29, 1.82) is 0 Å². The van der Waals surface area contributed by atoms with E-state index in [4.69, 9.17) is 19.4 Å². The highest BCUT2D eigenvalue weighted by Crippen LogP contribution is 2.34. The zero-order valence-corrected chi connectivity index (χ0v) is 20.9. The highest BCUT2D eigenvalue weighted by Gasteiger charge is 2.23. The number of pyridine rings is 2. The van der Waals surface area contributed by atoms with Crippen LogP contribution in [0.4, 0.5) is 23.0 Å². The second-order valence-electron chi connectivity index (χ2n) is 8.93. The van der Waals surface area contributed by atoms with Gasteiger partial charge < -0.3 is 35.1 Å². The molecule has 2 aliphatic heterocycles. The van der Waals surface area contributed by atoms with Gasteiger partial charge in [-0.25, -0.2) is 9.97 Å². The van der Waals surface area contributed by atoms with Crippen LogP contribution in [0.3, 0.4) is 0 Å². The Morgan fingerprint density at radius 1 is 1.14 bits per heavy atom. The van der Waals surface area contributed by atoms with Gasteiger partial charge in [0.25, 0.3) is 0 Å². The lowest BCUT2D eigenvalue weighted by atomic mass is 9.97. The van der Waals surface area contributed by atoms with Crippen LogP contribution in [-0.4, -0.2) is 62.8 Å². The molecule has 0 spiro atoms. The predicted octanol–water partition coefficient (Wildman–Crippen LogP) is 3.99. The van der Waals surface area contributed by atoms with Gasteiger partial charge >= 0.3 is 0 Å². The minimum absolute atomic E-state index is 0.488. The average Bonchev–Trinajstić information content (AvgIpc) is 2.96. The molecule has 0 saturated carbocycles. The third kappa shape index (κ3) is 5.90. The van der Waals surface area contributed by atoms with Gasteiger partial charge in [-0.1, -0.05) is 6.07 Å². The van der Waals surface area contributed by atoms with Gasteiger partial charge in [0.05, 0.1) is 24.6 Å². The molecule has 5 rings (SSSR count). The van der Waals surface area contributed by atoms with Gasteiger partial charge in [-0.05, 0) is 66.7 Å². The zero-order chi connectivity index (χ0) is 25.5. The smallest absolute Gasteiger partial charge is 0.146 e. The fourth-order valence-corrected chi connectivity index (χ4v) is 4.52. The lowest BCUT2D eigenvalue weighted by Crippen LogP contribution is -2.36. The monoisotopic (exact) mass is 500 g/mol. The van der Waals surface area contributed by atoms with E-state index in [-0.39, 0.29) is 0 Å². The van der Waals surface area contributed by atoms with Crippen LogP contribution in [0.15, 0.2) is 54.7 Å². The summed E-state index contributed by atoms with van der Waals surface area (Å²) in [6, 6.07) is 15.6. The van der Waals surface area contributed by atoms with Gasteiger partial charge in [0.15, 0.2) is 0 Å². The van der Waals surface area contributed by atoms with E-state index < -0.39 is 6.04 Å². The normalized spacial score (nSPS) is 16.6. The number of hydrogen-bond acceptors (Lipinski definition) is 9. The highest BCUT2D eigenvalue weighted by molar-refractivity contribution is 5.80. The summed E-state index contributed by atoms with van der Waals surface area (Å²) in [5, 5.41) is 9.92. The van der Waals surface area contributed by atoms with Gasteiger partial charge in [0.2, 0.25) is 0 Å². The second-order valence-corrected chi connectivity index (χ2v) is 8.93. The molecule has 1 unspecified atom stereocenters. The fourth-order valence-electron chi connectivity index (χ4n) is 4.52. The van der Waals surface area contributed by atoms with Crippen LogP contribution in [0.5, 0.6) is 0 Å². The van der Waals surface area contributed by atoms with Crippen molar-refractivity contribution < 1.29 is 14.3 Å². The molecule has 9 nitrogen and oxygen atoms in total. The molecule has 3 N–H and O–H groups in total. The maximum absolute atomic E-state index is 11.9. The molecule has 3 aromatic rings. The molecular formula is C28H32N6O3. The van der Waals surface area contributed by atoms with Crippen molar-refractivity contribution in [2.24, 2.45) is 0 Å². The Balaban J connectivity index is 1.44. The number of benzene rings is 1. The molecule has 192 valence electrons. The molecule has 2 aliphatic rings. The van der Waals surface area contributed by atoms with Crippen LogP contribution in [0, 0.1) is 0 Å². The topological polar surface area (TPSA) is 101 Å². The van der Waals surface area contributed by atoms with Crippen LogP contribution in [0.2, 0.25) is 0 Å². The summed E-state index contributed by atoms with van der Waals surface area (Å²) in [7, 11) is 1.70. The van der Waals surface area contributed by atoms with E-state index in [1.807, 2.05) is 42.5 Å². The molecule has 1 fully saturated rings. The minimum atomic E-state index is -0.488. The average molecular weight is 501 g/mol. The number of nitrogens with zero attached hydrogens (tertiary/aromatic N) is 3. The SMILES string of the molecule is COCCCNc1cccc(-c2cc3c(c(Nc4ccc(N5CCOCC5)cc4)n2)C(C=O)NC=C3)n1. The molecule has 0 bridgehead atoms. The van der Waals surface area contributed by atoms with Crippen molar-refractivity contribution in [1.82, 2.24) is 15.3 Å². The molecule has 9 heteroatoms. The third-order valence-electron chi connectivity index (χ3n) is 6.43. The number of ether oxygens (including phenoxy) is 2. The van der Waals surface area contributed by atoms with Gasteiger partial charge in [-0.15, -0.1) is 0 Å². The lowest BCUT2D eigenvalue weighted by Gasteiger charge is -2.29. The quantitative estimate of drug-likeness (QED) is 0.282. The number of carbonyl (C=O) groups is 1. The maximum Gasteiger partial charge on any atom is 0.146 e. The van der Waals surface area contributed by atoms with Crippen LogP contribution in [0.1, 0.15) is 23.6 Å². The molecule has 0 amide bonds. The van der Waals surface area contributed by atoms with Crippen molar-refractivity contribution in [2.75, 3.05) is 62.1 Å².